The SMILES string of the molecule is O=P(O)(OC[C@H]1OCC[C@@H]1OOC[C@H]1OCC[C@@H]1O)O[C@H]1CCO[C@@H]1COP(=O)(O)O[C@H]1C[C@H](c2ccc3ccc4cccc5ccc2c3c45)O[C@@H]1COP(=O)(O)O[C@H]1C[C@H](c2ccc3c4cccc5cccc(c6cccc2c63)c54)O[C@@H]1COP(=O)(O)O[C@H]1C[C@H](c2ccc3ccc4cccc5ccc2c3c45)O[C@@H]1COP(=O)(O)O[C@H]1C[C@H](c2ccc3c4cccc5cccc(c6cccc2c63)c54)O[C@@H]1CO. The van der Waals surface area contributed by atoms with Crippen LogP contribution in [0.15, 0.2) is 243 Å². The monoisotopic (exact) mass is 2030 g/mol. The number of fused-ring (bicyclic) bond motifs is 4. The third-order valence-corrected chi connectivity index (χ3v) is 34.9. The van der Waals surface area contributed by atoms with Gasteiger partial charge < -0.3 is 67.8 Å². The molecule has 25 rings (SSSR count). The lowest BCUT2D eigenvalue weighted by Gasteiger charge is -2.26. The maximum atomic E-state index is 15.3. The number of hydrogen-bond acceptors (Lipinski definition) is 26. The van der Waals surface area contributed by atoms with E-state index in [0.29, 0.717) is 36.1 Å². The first-order valence-electron chi connectivity index (χ1n) is 48.2. The summed E-state index contributed by atoms with van der Waals surface area (Å²) in [5, 5.41) is 48.6. The molecule has 7 aliphatic heterocycles. The van der Waals surface area contributed by atoms with Crippen molar-refractivity contribution >= 4 is 190 Å². The zero-order valence-electron chi connectivity index (χ0n) is 76.7. The molecular formula is C107H99O31P5. The molecule has 7 saturated heterocycles. The van der Waals surface area contributed by atoms with Crippen LogP contribution in [0.2, 0.25) is 0 Å². The topological polar surface area (TPSA) is 402 Å². The minimum Gasteiger partial charge on any atom is -0.394 e. The molecule has 18 aromatic rings. The minimum absolute atomic E-state index is 0.0153. The van der Waals surface area contributed by atoms with E-state index in [1.807, 2.05) is 170 Å². The third kappa shape index (κ3) is 17.9. The third-order valence-electron chi connectivity index (χ3n) is 29.9. The molecule has 738 valence electrons. The molecule has 0 amide bonds. The molecule has 31 nitrogen and oxygen atoms in total. The Kier molecular flexibility index (Phi) is 25.1. The van der Waals surface area contributed by atoms with Crippen LogP contribution in [0.4, 0.5) is 0 Å². The number of aliphatic hydroxyl groups is 2. The average molecular weight is 2040 g/mol. The number of hydrogen-bond donors (Lipinski definition) is 7. The van der Waals surface area contributed by atoms with Crippen molar-refractivity contribution in [3.63, 3.8) is 0 Å². The zero-order chi connectivity index (χ0) is 97.1. The Hall–Kier alpha value is -9.25. The summed E-state index contributed by atoms with van der Waals surface area (Å²) in [6.45, 7) is -3.64. The van der Waals surface area contributed by atoms with Crippen molar-refractivity contribution < 1.29 is 146 Å². The summed E-state index contributed by atoms with van der Waals surface area (Å²) in [5.41, 5.74) is 2.74. The molecule has 7 heterocycles. The highest BCUT2D eigenvalue weighted by Gasteiger charge is 2.51. The van der Waals surface area contributed by atoms with Crippen LogP contribution in [-0.4, -0.2) is 186 Å². The molecular weight excluding hydrogens is 1940 g/mol. The number of benzene rings is 18. The summed E-state index contributed by atoms with van der Waals surface area (Å²) in [7, 11) is -26.3. The number of phosphoric acid groups is 5. The van der Waals surface area contributed by atoms with Gasteiger partial charge in [0.1, 0.15) is 86.0 Å². The van der Waals surface area contributed by atoms with E-state index in [1.54, 1.807) is 0 Å². The van der Waals surface area contributed by atoms with Crippen molar-refractivity contribution in [1.29, 1.82) is 0 Å². The highest BCUT2D eigenvalue weighted by atomic mass is 31.2. The smallest absolute Gasteiger partial charge is 0.394 e. The highest BCUT2D eigenvalue weighted by molar-refractivity contribution is 7.48. The van der Waals surface area contributed by atoms with Gasteiger partial charge in [0.15, 0.2) is 0 Å². The van der Waals surface area contributed by atoms with Gasteiger partial charge in [-0.2, -0.15) is 0 Å². The number of aliphatic hydroxyl groups excluding tert-OH is 2. The van der Waals surface area contributed by atoms with Crippen LogP contribution < -0.4 is 0 Å². The van der Waals surface area contributed by atoms with E-state index < -0.39 is 189 Å². The second kappa shape index (κ2) is 37.8. The van der Waals surface area contributed by atoms with E-state index in [0.717, 1.165) is 156 Å². The Morgan fingerprint density at radius 1 is 0.252 bits per heavy atom. The summed E-state index contributed by atoms with van der Waals surface area (Å²) in [6.07, 6.45) is -19.4. The summed E-state index contributed by atoms with van der Waals surface area (Å²) in [4.78, 5) is 70.6. The van der Waals surface area contributed by atoms with E-state index in [1.165, 1.54) is 0 Å². The van der Waals surface area contributed by atoms with Gasteiger partial charge in [-0.3, -0.25) is 45.2 Å². The highest BCUT2D eigenvalue weighted by Crippen LogP contribution is 2.60. The predicted octanol–water partition coefficient (Wildman–Crippen LogP) is 21.6. The molecule has 143 heavy (non-hydrogen) atoms. The Bertz CT molecular complexity index is 8070. The fourth-order valence-electron chi connectivity index (χ4n) is 23.3. The lowest BCUT2D eigenvalue weighted by Crippen LogP contribution is -2.33. The van der Waals surface area contributed by atoms with E-state index in [-0.39, 0.29) is 51.9 Å². The second-order valence-corrected chi connectivity index (χ2v) is 45.2. The maximum Gasteiger partial charge on any atom is 0.472 e. The van der Waals surface area contributed by atoms with Gasteiger partial charge in [0.05, 0.1) is 70.2 Å². The standard InChI is InChI=1S/C107H99O31P5/c108-51-93-89(47-85(129-93)68-37-39-80-74-19-5-15-58-13-3-17-72(102(58)74)76-23-7-21-70(68)106(76)80)135-141(114,115)126-55-97-91(49-87(130-97)67-34-30-65-28-26-61-10-2-12-63-32-36-79(67)105(65)101(61)63)137-142(116,117)128-57-99-92(50-88(132-99)69-38-40-81-75-20-6-16-59-14-4-18-73(103(59)75)77-24-8-22-71(69)107(77)81)138-143(118,119)127-56-98-90(48-86(131-98)66-33-29-64-27-25-60-9-1-11-62-31-35-78(66)104(64)100(60)62)136-140(112,113)125-54-96-84(43-46-122-96)134-139(110,111)124-53-95-83(42-45-121-95)133-123-52-94-82(109)41-44-120-94/h1-40,82-99,108-109H,41-57H2,(H,110,111)(H,112,113)(H,114,115)(H,116,117)(H,118,119)/t82-,83-,84-,85+,86+,87+,88+,89-,90-,91-,92-,93+,94+,95+,96+,97+,98+,99+/m0/s1. The van der Waals surface area contributed by atoms with Crippen molar-refractivity contribution in [1.82, 2.24) is 0 Å². The molecule has 0 spiro atoms. The molecule has 7 aliphatic rings. The van der Waals surface area contributed by atoms with Gasteiger partial charge in [-0.25, -0.2) is 32.6 Å². The Labute approximate surface area is 816 Å². The molecule has 0 bridgehead atoms. The molecule has 0 aromatic heterocycles. The summed E-state index contributed by atoms with van der Waals surface area (Å²) >= 11 is 0. The zero-order valence-corrected chi connectivity index (χ0v) is 81.1. The molecule has 0 radical (unpaired) electrons. The molecule has 7 N–H and O–H groups in total. The summed E-state index contributed by atoms with van der Waals surface area (Å²) in [6, 6.07) is 80.7. The van der Waals surface area contributed by atoms with Crippen molar-refractivity contribution in [3.8, 4) is 0 Å². The van der Waals surface area contributed by atoms with Crippen LogP contribution in [0, 0.1) is 0 Å². The molecule has 36 heteroatoms. The van der Waals surface area contributed by atoms with E-state index in [9.17, 15) is 48.4 Å². The molecule has 5 unspecified atom stereocenters. The minimum atomic E-state index is -5.46. The van der Waals surface area contributed by atoms with Crippen LogP contribution in [0.3, 0.4) is 0 Å². The van der Waals surface area contributed by atoms with Gasteiger partial charge in [-0.15, -0.1) is 0 Å². The first-order chi connectivity index (χ1) is 69.3. The molecule has 0 saturated carbocycles. The first kappa shape index (κ1) is 94.7. The lowest BCUT2D eigenvalue weighted by atomic mass is 9.87. The van der Waals surface area contributed by atoms with Gasteiger partial charge in [0.25, 0.3) is 0 Å². The van der Waals surface area contributed by atoms with Crippen molar-refractivity contribution in [2.45, 2.75) is 155 Å². The normalized spacial score (nSPS) is 27.9. The molecule has 18 aromatic carbocycles. The van der Waals surface area contributed by atoms with Crippen LogP contribution in [0.5, 0.6) is 0 Å². The van der Waals surface area contributed by atoms with E-state index in [4.69, 9.17) is 88.2 Å². The van der Waals surface area contributed by atoms with Gasteiger partial charge >= 0.3 is 39.1 Å². The number of ether oxygens (including phenoxy) is 7. The molecule has 7 fully saturated rings. The summed E-state index contributed by atoms with van der Waals surface area (Å²) < 4.78 is 177. The number of phosphoric ester groups is 5. The van der Waals surface area contributed by atoms with Crippen molar-refractivity contribution in [2.24, 2.45) is 0 Å². The quantitative estimate of drug-likeness (QED) is 0.00647. The van der Waals surface area contributed by atoms with Crippen molar-refractivity contribution in [3.05, 3.63) is 265 Å². The Morgan fingerprint density at radius 2 is 0.510 bits per heavy atom. The average Bonchev–Trinajstić information content (AvgIpc) is 1.33. The Balaban J connectivity index is 0.486. The van der Waals surface area contributed by atoms with Gasteiger partial charge in [0, 0.05) is 58.3 Å². The van der Waals surface area contributed by atoms with Crippen LogP contribution >= 0.6 is 39.1 Å². The van der Waals surface area contributed by atoms with Crippen molar-refractivity contribution in [2.75, 3.05) is 66.1 Å². The number of rotatable bonds is 34. The fraction of sp³-hybridized carbons (Fsp3) is 0.327. The lowest BCUT2D eigenvalue weighted by molar-refractivity contribution is -0.341. The largest absolute Gasteiger partial charge is 0.472 e. The van der Waals surface area contributed by atoms with Gasteiger partial charge in [-0.1, -0.05) is 243 Å². The first-order valence-corrected chi connectivity index (χ1v) is 55.6. The van der Waals surface area contributed by atoms with E-state index in [2.05, 4.69) is 72.8 Å². The summed E-state index contributed by atoms with van der Waals surface area (Å²) in [5.74, 6) is 0. The second-order valence-electron chi connectivity index (χ2n) is 38.2. The van der Waals surface area contributed by atoms with Crippen LogP contribution in [-0.2, 0) is 111 Å². The maximum absolute atomic E-state index is 15.3. The predicted molar refractivity (Wildman–Crippen MR) is 535 cm³/mol. The van der Waals surface area contributed by atoms with Gasteiger partial charge in [0.2, 0.25) is 0 Å². The van der Waals surface area contributed by atoms with Crippen LogP contribution in [0.1, 0.15) is 91.6 Å². The van der Waals surface area contributed by atoms with Gasteiger partial charge in [-0.05, 0) is 179 Å². The molecule has 0 aliphatic carbocycles. The molecule has 23 atom stereocenters. The Morgan fingerprint density at radius 3 is 0.888 bits per heavy atom. The van der Waals surface area contributed by atoms with E-state index >= 15 is 9.13 Å². The fourth-order valence-corrected chi connectivity index (χ4v) is 28.1. The van der Waals surface area contributed by atoms with Crippen LogP contribution in [0.25, 0.3) is 151 Å².